The Morgan fingerprint density at radius 2 is 1.62 bits per heavy atom. The van der Waals surface area contributed by atoms with E-state index < -0.39 is 15.6 Å². The first kappa shape index (κ1) is 11.6. The van der Waals surface area contributed by atoms with E-state index in [4.69, 9.17) is 5.14 Å². The van der Waals surface area contributed by atoms with Crippen molar-refractivity contribution in [3.63, 3.8) is 0 Å². The molecule has 88 valence electrons. The van der Waals surface area contributed by atoms with Crippen molar-refractivity contribution in [3.05, 3.63) is 29.8 Å². The number of benzene rings is 1. The third kappa shape index (κ3) is 2.11. The molecule has 0 aliphatic heterocycles. The van der Waals surface area contributed by atoms with Crippen LogP contribution in [0.1, 0.15) is 31.2 Å². The topological polar surface area (TPSA) is 80.4 Å². The molecule has 1 aliphatic rings. The maximum atomic E-state index is 11.1. The third-order valence-corrected chi connectivity index (χ3v) is 4.08. The molecule has 0 unspecified atom stereocenters. The Bertz CT molecular complexity index is 472. The molecule has 1 aromatic rings. The van der Waals surface area contributed by atoms with Crippen molar-refractivity contribution in [2.75, 3.05) is 0 Å². The number of rotatable bonds is 2. The minimum Gasteiger partial charge on any atom is -0.385 e. The molecule has 0 spiro atoms. The van der Waals surface area contributed by atoms with Crippen molar-refractivity contribution >= 4 is 10.0 Å². The van der Waals surface area contributed by atoms with Crippen LogP contribution in [0.15, 0.2) is 29.2 Å². The molecule has 4 nitrogen and oxygen atoms in total. The van der Waals surface area contributed by atoms with Crippen LogP contribution in [0.2, 0.25) is 0 Å². The van der Waals surface area contributed by atoms with E-state index >= 15 is 0 Å². The van der Waals surface area contributed by atoms with Crippen LogP contribution >= 0.6 is 0 Å². The number of hydrogen-bond donors (Lipinski definition) is 2. The predicted octanol–water partition coefficient (Wildman–Crippen LogP) is 1.10. The summed E-state index contributed by atoms with van der Waals surface area (Å²) in [4.78, 5) is 0.0813. The average molecular weight is 241 g/mol. The van der Waals surface area contributed by atoms with Crippen LogP contribution in [0.5, 0.6) is 0 Å². The quantitative estimate of drug-likeness (QED) is 0.813. The number of sulfonamides is 1. The summed E-state index contributed by atoms with van der Waals surface area (Å²) in [6.45, 7) is 0. The van der Waals surface area contributed by atoms with Gasteiger partial charge in [-0.1, -0.05) is 25.0 Å². The molecule has 0 aromatic heterocycles. The van der Waals surface area contributed by atoms with Crippen molar-refractivity contribution in [1.29, 1.82) is 0 Å². The Morgan fingerprint density at radius 3 is 2.06 bits per heavy atom. The van der Waals surface area contributed by atoms with Crippen LogP contribution < -0.4 is 5.14 Å². The first-order chi connectivity index (χ1) is 7.42. The van der Waals surface area contributed by atoms with Gasteiger partial charge in [-0.15, -0.1) is 0 Å². The maximum Gasteiger partial charge on any atom is 0.238 e. The number of primary sulfonamides is 1. The largest absolute Gasteiger partial charge is 0.385 e. The first-order valence-corrected chi connectivity index (χ1v) is 6.82. The van der Waals surface area contributed by atoms with Gasteiger partial charge >= 0.3 is 0 Å². The molecule has 0 atom stereocenters. The van der Waals surface area contributed by atoms with Gasteiger partial charge in [-0.25, -0.2) is 13.6 Å². The van der Waals surface area contributed by atoms with E-state index in [0.29, 0.717) is 0 Å². The highest BCUT2D eigenvalue weighted by Crippen LogP contribution is 2.38. The van der Waals surface area contributed by atoms with Gasteiger partial charge in [0.1, 0.15) is 0 Å². The first-order valence-electron chi connectivity index (χ1n) is 5.28. The molecule has 16 heavy (non-hydrogen) atoms. The molecule has 0 radical (unpaired) electrons. The molecule has 1 aromatic carbocycles. The maximum absolute atomic E-state index is 11.1. The molecule has 0 bridgehead atoms. The Balaban J connectivity index is 2.33. The molecular formula is C11H15NO3S. The standard InChI is InChI=1S/C11H15NO3S/c12-16(14,15)10-5-3-9(4-6-10)11(13)7-1-2-8-11/h3-6,13H,1-2,7-8H2,(H2,12,14,15). The van der Waals surface area contributed by atoms with Crippen LogP contribution in [0.25, 0.3) is 0 Å². The molecule has 0 saturated heterocycles. The Morgan fingerprint density at radius 1 is 1.12 bits per heavy atom. The van der Waals surface area contributed by atoms with E-state index in [1.165, 1.54) is 12.1 Å². The van der Waals surface area contributed by atoms with E-state index in [-0.39, 0.29) is 4.90 Å². The normalized spacial score (nSPS) is 19.9. The van der Waals surface area contributed by atoms with E-state index in [0.717, 1.165) is 31.2 Å². The summed E-state index contributed by atoms with van der Waals surface area (Å²) in [7, 11) is -3.64. The van der Waals surface area contributed by atoms with Crippen LogP contribution in [0.3, 0.4) is 0 Å². The lowest BCUT2D eigenvalue weighted by Gasteiger charge is -2.22. The van der Waals surface area contributed by atoms with Crippen LogP contribution in [0, 0.1) is 0 Å². The highest BCUT2D eigenvalue weighted by atomic mass is 32.2. The summed E-state index contributed by atoms with van der Waals surface area (Å²) in [6, 6.07) is 6.18. The molecule has 5 heteroatoms. The minimum absolute atomic E-state index is 0.0813. The molecule has 1 saturated carbocycles. The van der Waals surface area contributed by atoms with Gasteiger partial charge in [0.15, 0.2) is 0 Å². The van der Waals surface area contributed by atoms with E-state index in [1.54, 1.807) is 12.1 Å². The van der Waals surface area contributed by atoms with E-state index in [1.807, 2.05) is 0 Å². The SMILES string of the molecule is NS(=O)(=O)c1ccc(C2(O)CCCC2)cc1. The van der Waals surface area contributed by atoms with Crippen molar-refractivity contribution < 1.29 is 13.5 Å². The molecule has 1 fully saturated rings. The Hall–Kier alpha value is -0.910. The summed E-state index contributed by atoms with van der Waals surface area (Å²) >= 11 is 0. The summed E-state index contributed by atoms with van der Waals surface area (Å²) in [5.74, 6) is 0. The van der Waals surface area contributed by atoms with Gasteiger partial charge < -0.3 is 5.11 Å². The van der Waals surface area contributed by atoms with E-state index in [2.05, 4.69) is 0 Å². The molecule has 2 rings (SSSR count). The summed E-state index contributed by atoms with van der Waals surface area (Å²) in [5.41, 5.74) is -0.00549. The molecule has 1 aliphatic carbocycles. The Kier molecular flexibility index (Phi) is 2.77. The van der Waals surface area contributed by atoms with Crippen molar-refractivity contribution in [2.24, 2.45) is 5.14 Å². The summed E-state index contributed by atoms with van der Waals surface area (Å²) in [5, 5.41) is 15.3. The van der Waals surface area contributed by atoms with Gasteiger partial charge in [0.2, 0.25) is 10.0 Å². The van der Waals surface area contributed by atoms with Crippen molar-refractivity contribution in [2.45, 2.75) is 36.2 Å². The smallest absolute Gasteiger partial charge is 0.238 e. The number of nitrogens with two attached hydrogens (primary N) is 1. The highest BCUT2D eigenvalue weighted by molar-refractivity contribution is 7.89. The third-order valence-electron chi connectivity index (χ3n) is 3.15. The highest BCUT2D eigenvalue weighted by Gasteiger charge is 2.32. The van der Waals surface area contributed by atoms with Gasteiger partial charge in [0, 0.05) is 0 Å². The second kappa shape index (κ2) is 3.84. The lowest BCUT2D eigenvalue weighted by atomic mass is 9.92. The predicted molar refractivity (Wildman–Crippen MR) is 60.2 cm³/mol. The summed E-state index contributed by atoms with van der Waals surface area (Å²) < 4.78 is 22.1. The number of aliphatic hydroxyl groups is 1. The monoisotopic (exact) mass is 241 g/mol. The lowest BCUT2D eigenvalue weighted by molar-refractivity contribution is 0.0444. The fraction of sp³-hybridized carbons (Fsp3) is 0.455. The van der Waals surface area contributed by atoms with Gasteiger partial charge in [0.05, 0.1) is 10.5 Å². The van der Waals surface area contributed by atoms with Gasteiger partial charge in [0.25, 0.3) is 0 Å². The van der Waals surface area contributed by atoms with Gasteiger partial charge in [-0.3, -0.25) is 0 Å². The van der Waals surface area contributed by atoms with Crippen LogP contribution in [-0.2, 0) is 15.6 Å². The summed E-state index contributed by atoms with van der Waals surface area (Å²) in [6.07, 6.45) is 3.49. The molecule has 3 N–H and O–H groups in total. The van der Waals surface area contributed by atoms with E-state index in [9.17, 15) is 13.5 Å². The zero-order valence-electron chi connectivity index (χ0n) is 8.89. The lowest BCUT2D eigenvalue weighted by Crippen LogP contribution is -2.21. The molecular weight excluding hydrogens is 226 g/mol. The van der Waals surface area contributed by atoms with Gasteiger partial charge in [-0.05, 0) is 30.5 Å². The average Bonchev–Trinajstić information content (AvgIpc) is 2.66. The zero-order chi connectivity index (χ0) is 11.8. The second-order valence-electron chi connectivity index (χ2n) is 4.31. The van der Waals surface area contributed by atoms with Crippen molar-refractivity contribution in [3.8, 4) is 0 Å². The van der Waals surface area contributed by atoms with Crippen LogP contribution in [-0.4, -0.2) is 13.5 Å². The second-order valence-corrected chi connectivity index (χ2v) is 5.87. The molecule has 0 amide bonds. The zero-order valence-corrected chi connectivity index (χ0v) is 9.70. The van der Waals surface area contributed by atoms with Gasteiger partial charge in [-0.2, -0.15) is 0 Å². The van der Waals surface area contributed by atoms with Crippen molar-refractivity contribution in [1.82, 2.24) is 0 Å². The van der Waals surface area contributed by atoms with Crippen LogP contribution in [0.4, 0.5) is 0 Å². The Labute approximate surface area is 95.1 Å². The molecule has 0 heterocycles. The fourth-order valence-electron chi connectivity index (χ4n) is 2.20. The minimum atomic E-state index is -3.64. The number of hydrogen-bond acceptors (Lipinski definition) is 3. The fourth-order valence-corrected chi connectivity index (χ4v) is 2.72.